The van der Waals surface area contributed by atoms with E-state index in [0.717, 1.165) is 20.1 Å². The molecule has 0 saturated heterocycles. The molecule has 31 heavy (non-hydrogen) atoms. The van der Waals surface area contributed by atoms with Crippen LogP contribution in [0.4, 0.5) is 19.9 Å². The first-order chi connectivity index (χ1) is 15.1. The molecule has 2 amide bonds. The molecule has 0 saturated carbocycles. The average Bonchev–Trinajstić information content (AvgIpc) is 3.19. The van der Waals surface area contributed by atoms with Gasteiger partial charge in [0.15, 0.2) is 15.8 Å². The molecule has 10 heteroatoms. The van der Waals surface area contributed by atoms with Gasteiger partial charge >= 0.3 is 6.03 Å². The Hall–Kier alpha value is -3.37. The summed E-state index contributed by atoms with van der Waals surface area (Å²) in [5.74, 6) is 0.795. The number of hydrogen-bond acceptors (Lipinski definition) is 7. The highest BCUT2D eigenvalue weighted by Crippen LogP contribution is 2.40. The maximum absolute atomic E-state index is 13.3. The van der Waals surface area contributed by atoms with E-state index in [9.17, 15) is 9.18 Å². The third kappa shape index (κ3) is 4.86. The maximum Gasteiger partial charge on any atom is 0.324 e. The zero-order chi connectivity index (χ0) is 21.8. The number of carbonyl (C=O) groups is 1. The van der Waals surface area contributed by atoms with Crippen LogP contribution in [-0.2, 0) is 0 Å². The summed E-state index contributed by atoms with van der Waals surface area (Å²) in [6.07, 6.45) is 3.29. The van der Waals surface area contributed by atoms with E-state index in [1.807, 2.05) is 18.2 Å². The number of benzene rings is 2. The minimum Gasteiger partial charge on any atom is -0.493 e. The van der Waals surface area contributed by atoms with E-state index in [1.165, 1.54) is 41.3 Å². The van der Waals surface area contributed by atoms with Crippen molar-refractivity contribution in [2.45, 2.75) is 9.24 Å². The molecule has 2 aromatic carbocycles. The molecule has 0 bridgehead atoms. The van der Waals surface area contributed by atoms with Crippen molar-refractivity contribution in [1.82, 2.24) is 9.97 Å². The van der Waals surface area contributed by atoms with Gasteiger partial charge in [-0.2, -0.15) is 0 Å². The monoisotopic (exact) mass is 456 g/mol. The van der Waals surface area contributed by atoms with Crippen LogP contribution in [0.5, 0.6) is 11.5 Å². The highest BCUT2D eigenvalue weighted by molar-refractivity contribution is 8.01. The Morgan fingerprint density at radius 3 is 2.65 bits per heavy atom. The van der Waals surface area contributed by atoms with Gasteiger partial charge in [-0.1, -0.05) is 29.2 Å². The predicted molar refractivity (Wildman–Crippen MR) is 120 cm³/mol. The van der Waals surface area contributed by atoms with Gasteiger partial charge in [-0.25, -0.2) is 14.2 Å². The number of amides is 2. The van der Waals surface area contributed by atoms with Crippen molar-refractivity contribution in [1.29, 1.82) is 0 Å². The van der Waals surface area contributed by atoms with Crippen molar-refractivity contribution in [3.8, 4) is 11.5 Å². The first-order valence-electron chi connectivity index (χ1n) is 9.03. The second kappa shape index (κ2) is 9.19. The molecule has 0 aliphatic heterocycles. The van der Waals surface area contributed by atoms with Crippen molar-refractivity contribution in [2.75, 3.05) is 24.9 Å². The molecule has 2 aromatic heterocycles. The maximum atomic E-state index is 13.3. The Kier molecular flexibility index (Phi) is 6.19. The third-order valence-corrected chi connectivity index (χ3v) is 6.27. The Morgan fingerprint density at radius 2 is 1.87 bits per heavy atom. The molecule has 0 aliphatic rings. The number of urea groups is 1. The van der Waals surface area contributed by atoms with Crippen molar-refractivity contribution >= 4 is 50.7 Å². The first-order valence-corrected chi connectivity index (χ1v) is 10.7. The number of thiazole rings is 1. The summed E-state index contributed by atoms with van der Waals surface area (Å²) < 4.78 is 24.7. The summed E-state index contributed by atoms with van der Waals surface area (Å²) in [6.45, 7) is 0. The van der Waals surface area contributed by atoms with Crippen molar-refractivity contribution in [3.63, 3.8) is 0 Å². The number of carbonyl (C=O) groups excluding carboxylic acids is 1. The molecule has 158 valence electrons. The number of halogens is 1. The Labute approximate surface area is 185 Å². The first kappa shape index (κ1) is 20.9. The van der Waals surface area contributed by atoms with Gasteiger partial charge in [0, 0.05) is 28.2 Å². The average molecular weight is 457 g/mol. The van der Waals surface area contributed by atoms with Gasteiger partial charge in [0.05, 0.1) is 25.9 Å². The molecular formula is C21H17FN4O3S2. The number of aromatic nitrogens is 2. The molecule has 0 fully saturated rings. The van der Waals surface area contributed by atoms with Crippen LogP contribution in [0.15, 0.2) is 64.1 Å². The van der Waals surface area contributed by atoms with Crippen LogP contribution >= 0.6 is 23.1 Å². The Balaban J connectivity index is 1.50. The number of fused-ring (bicyclic) bond motifs is 1. The fourth-order valence-electron chi connectivity index (χ4n) is 2.83. The van der Waals surface area contributed by atoms with E-state index in [-0.39, 0.29) is 0 Å². The van der Waals surface area contributed by atoms with Gasteiger partial charge in [-0.3, -0.25) is 10.3 Å². The van der Waals surface area contributed by atoms with Gasteiger partial charge in [0.25, 0.3) is 0 Å². The zero-order valence-electron chi connectivity index (χ0n) is 16.5. The minimum atomic E-state index is -0.475. The highest BCUT2D eigenvalue weighted by Gasteiger charge is 2.13. The van der Waals surface area contributed by atoms with E-state index >= 15 is 0 Å². The van der Waals surface area contributed by atoms with E-state index in [4.69, 9.17) is 9.47 Å². The second-order valence-corrected chi connectivity index (χ2v) is 8.54. The molecule has 0 spiro atoms. The molecule has 4 aromatic rings. The molecule has 0 unspecified atom stereocenters. The number of rotatable bonds is 6. The Morgan fingerprint density at radius 1 is 1.06 bits per heavy atom. The lowest BCUT2D eigenvalue weighted by atomic mass is 10.2. The number of methoxy groups -OCH3 is 2. The number of hydrogen-bond donors (Lipinski definition) is 2. The number of nitrogens with one attached hydrogen (secondary N) is 2. The van der Waals surface area contributed by atoms with Crippen LogP contribution in [0, 0.1) is 5.82 Å². The SMILES string of the molecule is COc1cc2nccc(Sc3ncc(NC(=O)Nc4cccc(F)c4)s3)c2cc1OC. The number of anilines is 2. The van der Waals surface area contributed by atoms with E-state index < -0.39 is 11.8 Å². The second-order valence-electron chi connectivity index (χ2n) is 6.22. The molecule has 0 radical (unpaired) electrons. The molecular weight excluding hydrogens is 439 g/mol. The van der Waals surface area contributed by atoms with Crippen LogP contribution in [0.3, 0.4) is 0 Å². The van der Waals surface area contributed by atoms with Crippen LogP contribution in [0.2, 0.25) is 0 Å². The molecule has 0 atom stereocenters. The van der Waals surface area contributed by atoms with Crippen LogP contribution in [0.1, 0.15) is 0 Å². The molecule has 2 N–H and O–H groups in total. The summed E-state index contributed by atoms with van der Waals surface area (Å²) in [6, 6.07) is 10.8. The van der Waals surface area contributed by atoms with Gasteiger partial charge < -0.3 is 14.8 Å². The smallest absolute Gasteiger partial charge is 0.324 e. The normalized spacial score (nSPS) is 10.7. The third-order valence-electron chi connectivity index (χ3n) is 4.21. The molecule has 4 rings (SSSR count). The summed E-state index contributed by atoms with van der Waals surface area (Å²) in [4.78, 5) is 21.9. The predicted octanol–water partition coefficient (Wildman–Crippen LogP) is 5.64. The number of nitrogens with zero attached hydrogens (tertiary/aromatic N) is 2. The minimum absolute atomic E-state index is 0.365. The van der Waals surface area contributed by atoms with Crippen LogP contribution in [-0.4, -0.2) is 30.2 Å². The van der Waals surface area contributed by atoms with Gasteiger partial charge in [-0.15, -0.1) is 0 Å². The molecule has 2 heterocycles. The van der Waals surface area contributed by atoms with Crippen molar-refractivity contribution < 1.29 is 18.7 Å². The van der Waals surface area contributed by atoms with Gasteiger partial charge in [0.2, 0.25) is 0 Å². The summed E-state index contributed by atoms with van der Waals surface area (Å²) >= 11 is 2.78. The lowest BCUT2D eigenvalue weighted by Crippen LogP contribution is -2.18. The fourth-order valence-corrected chi connectivity index (χ4v) is 4.78. The van der Waals surface area contributed by atoms with E-state index in [1.54, 1.807) is 32.7 Å². The fraction of sp³-hybridized carbons (Fsp3) is 0.0952. The van der Waals surface area contributed by atoms with E-state index in [0.29, 0.717) is 22.2 Å². The number of ether oxygens (including phenoxy) is 2. The van der Waals surface area contributed by atoms with Crippen molar-refractivity contribution in [2.24, 2.45) is 0 Å². The summed E-state index contributed by atoms with van der Waals surface area (Å²) in [7, 11) is 3.16. The lowest BCUT2D eigenvalue weighted by Gasteiger charge is -2.10. The van der Waals surface area contributed by atoms with Crippen LogP contribution < -0.4 is 20.1 Å². The molecule has 7 nitrogen and oxygen atoms in total. The van der Waals surface area contributed by atoms with Crippen molar-refractivity contribution in [3.05, 3.63) is 60.7 Å². The van der Waals surface area contributed by atoms with Gasteiger partial charge in [0.1, 0.15) is 10.8 Å². The summed E-state index contributed by atoms with van der Waals surface area (Å²) in [5, 5.41) is 6.76. The van der Waals surface area contributed by atoms with E-state index in [2.05, 4.69) is 20.6 Å². The van der Waals surface area contributed by atoms with Crippen LogP contribution in [0.25, 0.3) is 10.9 Å². The Bertz CT molecular complexity index is 1250. The standard InChI is InChI=1S/C21H17FN4O3S2/c1-28-16-9-14-15(10-17(16)29-2)23-7-6-18(14)30-21-24-11-19(31-21)26-20(27)25-13-5-3-4-12(22)8-13/h3-11H,1-2H3,(H2,25,26,27). The summed E-state index contributed by atoms with van der Waals surface area (Å²) in [5.41, 5.74) is 1.14. The zero-order valence-corrected chi connectivity index (χ0v) is 18.1. The lowest BCUT2D eigenvalue weighted by molar-refractivity contribution is 0.262. The van der Waals surface area contributed by atoms with Gasteiger partial charge in [-0.05, 0) is 30.3 Å². The highest BCUT2D eigenvalue weighted by atomic mass is 32.2. The molecule has 0 aliphatic carbocycles. The quantitative estimate of drug-likeness (QED) is 0.390. The topological polar surface area (TPSA) is 85.4 Å². The number of pyridine rings is 1. The largest absolute Gasteiger partial charge is 0.493 e.